The Hall–Kier alpha value is -1.98. The Morgan fingerprint density at radius 1 is 1.19 bits per heavy atom. The molecule has 1 heterocycles. The molecule has 0 aliphatic carbocycles. The first-order valence-corrected chi connectivity index (χ1v) is 7.62. The van der Waals surface area contributed by atoms with Crippen LogP contribution in [-0.4, -0.2) is 4.99 Å². The Bertz CT molecular complexity index is 813. The zero-order valence-electron chi connectivity index (χ0n) is 11.0. The Kier molecular flexibility index (Phi) is 3.86. The molecule has 2 N–H and O–H groups in total. The minimum Gasteiger partial charge on any atom is -0.488 e. The van der Waals surface area contributed by atoms with Gasteiger partial charge in [0, 0.05) is 10.3 Å². The van der Waals surface area contributed by atoms with Crippen molar-refractivity contribution in [1.82, 2.24) is 0 Å². The van der Waals surface area contributed by atoms with Crippen molar-refractivity contribution < 1.29 is 9.13 Å². The van der Waals surface area contributed by atoms with Crippen LogP contribution in [0.5, 0.6) is 5.75 Å². The second kappa shape index (κ2) is 5.79. The summed E-state index contributed by atoms with van der Waals surface area (Å²) in [6.45, 7) is 0.350. The van der Waals surface area contributed by atoms with Crippen LogP contribution >= 0.6 is 23.6 Å². The average Bonchev–Trinajstić information content (AvgIpc) is 2.88. The van der Waals surface area contributed by atoms with Crippen LogP contribution in [0.2, 0.25) is 0 Å². The number of rotatable bonds is 4. The van der Waals surface area contributed by atoms with E-state index >= 15 is 0 Å². The highest BCUT2D eigenvalue weighted by atomic mass is 32.1. The van der Waals surface area contributed by atoms with Crippen molar-refractivity contribution in [3.05, 3.63) is 64.8 Å². The number of benzene rings is 2. The van der Waals surface area contributed by atoms with E-state index in [0.717, 1.165) is 10.9 Å². The van der Waals surface area contributed by atoms with E-state index in [1.54, 1.807) is 23.5 Å². The summed E-state index contributed by atoms with van der Waals surface area (Å²) in [5.41, 5.74) is 6.79. The summed E-state index contributed by atoms with van der Waals surface area (Å²) >= 11 is 6.55. The molecule has 0 aliphatic rings. The fourth-order valence-electron chi connectivity index (χ4n) is 2.16. The molecule has 0 saturated carbocycles. The van der Waals surface area contributed by atoms with Gasteiger partial charge in [0.2, 0.25) is 0 Å². The van der Waals surface area contributed by atoms with Gasteiger partial charge in [-0.25, -0.2) is 4.39 Å². The van der Waals surface area contributed by atoms with Gasteiger partial charge in [0.15, 0.2) is 0 Å². The van der Waals surface area contributed by atoms with Gasteiger partial charge < -0.3 is 10.5 Å². The highest BCUT2D eigenvalue weighted by Crippen LogP contribution is 2.28. The summed E-state index contributed by atoms with van der Waals surface area (Å²) in [7, 11) is 0. The molecule has 0 radical (unpaired) electrons. The molecule has 0 saturated heterocycles. The van der Waals surface area contributed by atoms with E-state index in [-0.39, 0.29) is 10.6 Å². The maximum atomic E-state index is 13.8. The van der Waals surface area contributed by atoms with Crippen molar-refractivity contribution in [1.29, 1.82) is 0 Å². The van der Waals surface area contributed by atoms with Crippen LogP contribution in [0.15, 0.2) is 47.8 Å². The van der Waals surface area contributed by atoms with Gasteiger partial charge in [-0.1, -0.05) is 36.5 Å². The topological polar surface area (TPSA) is 35.2 Å². The minimum absolute atomic E-state index is 0.00160. The van der Waals surface area contributed by atoms with E-state index < -0.39 is 5.82 Å². The van der Waals surface area contributed by atoms with E-state index in [1.807, 2.05) is 23.6 Å². The van der Waals surface area contributed by atoms with Crippen molar-refractivity contribution in [2.24, 2.45) is 5.73 Å². The first-order chi connectivity index (χ1) is 10.2. The molecule has 3 aromatic rings. The van der Waals surface area contributed by atoms with Crippen LogP contribution < -0.4 is 10.5 Å². The number of halogens is 1. The number of thiocarbonyl (C=S) groups is 1. The Morgan fingerprint density at radius 2 is 2.00 bits per heavy atom. The largest absolute Gasteiger partial charge is 0.488 e. The van der Waals surface area contributed by atoms with Crippen LogP contribution in [0.3, 0.4) is 0 Å². The number of hydrogen-bond donors (Lipinski definition) is 1. The maximum absolute atomic E-state index is 13.8. The van der Waals surface area contributed by atoms with Crippen LogP contribution in [0.4, 0.5) is 4.39 Å². The first kappa shape index (κ1) is 14.0. The minimum atomic E-state index is -0.463. The predicted molar refractivity (Wildman–Crippen MR) is 88.4 cm³/mol. The van der Waals surface area contributed by atoms with E-state index in [1.165, 1.54) is 10.8 Å². The lowest BCUT2D eigenvalue weighted by atomic mass is 10.1. The van der Waals surface area contributed by atoms with E-state index in [0.29, 0.717) is 12.4 Å². The Morgan fingerprint density at radius 3 is 2.81 bits per heavy atom. The zero-order chi connectivity index (χ0) is 14.8. The lowest BCUT2D eigenvalue weighted by molar-refractivity contribution is 0.306. The normalized spacial score (nSPS) is 10.7. The quantitative estimate of drug-likeness (QED) is 0.731. The zero-order valence-corrected chi connectivity index (χ0v) is 12.6. The SMILES string of the molecule is NC(=S)c1c(F)cccc1OCc1csc2ccccc12. The van der Waals surface area contributed by atoms with Crippen molar-refractivity contribution in [2.45, 2.75) is 6.61 Å². The standard InChI is InChI=1S/C16H12FNOS2/c17-12-5-3-6-13(15(12)16(18)20)19-8-10-9-21-14-7-2-1-4-11(10)14/h1-7,9H,8H2,(H2,18,20). The summed E-state index contributed by atoms with van der Waals surface area (Å²) in [6.07, 6.45) is 0. The van der Waals surface area contributed by atoms with Crippen LogP contribution in [0.25, 0.3) is 10.1 Å². The molecular formula is C16H12FNOS2. The number of hydrogen-bond acceptors (Lipinski definition) is 3. The summed E-state index contributed by atoms with van der Waals surface area (Å²) in [6, 6.07) is 12.7. The summed E-state index contributed by atoms with van der Waals surface area (Å²) in [5.74, 6) is -0.0899. The molecule has 0 bridgehead atoms. The molecule has 1 aromatic heterocycles. The van der Waals surface area contributed by atoms with Gasteiger partial charge in [0.05, 0.1) is 5.56 Å². The number of nitrogens with two attached hydrogens (primary N) is 1. The van der Waals surface area contributed by atoms with Crippen molar-refractivity contribution in [2.75, 3.05) is 0 Å². The van der Waals surface area contributed by atoms with Crippen LogP contribution in [-0.2, 0) is 6.61 Å². The third-order valence-corrected chi connectivity index (χ3v) is 4.38. The third-order valence-electron chi connectivity index (χ3n) is 3.17. The number of ether oxygens (including phenoxy) is 1. The lowest BCUT2D eigenvalue weighted by Crippen LogP contribution is -2.14. The fraction of sp³-hybridized carbons (Fsp3) is 0.0625. The molecule has 0 spiro atoms. The molecule has 21 heavy (non-hydrogen) atoms. The monoisotopic (exact) mass is 317 g/mol. The molecule has 0 amide bonds. The first-order valence-electron chi connectivity index (χ1n) is 6.33. The van der Waals surface area contributed by atoms with Crippen molar-refractivity contribution >= 4 is 38.6 Å². The molecule has 3 rings (SSSR count). The molecule has 106 valence electrons. The average molecular weight is 317 g/mol. The molecule has 5 heteroatoms. The van der Waals surface area contributed by atoms with E-state index in [2.05, 4.69) is 6.07 Å². The summed E-state index contributed by atoms with van der Waals surface area (Å²) in [5, 5.41) is 3.19. The van der Waals surface area contributed by atoms with Gasteiger partial charge in [-0.3, -0.25) is 0 Å². The second-order valence-electron chi connectivity index (χ2n) is 4.52. The second-order valence-corrected chi connectivity index (χ2v) is 5.87. The van der Waals surface area contributed by atoms with Gasteiger partial charge >= 0.3 is 0 Å². The molecule has 0 aliphatic heterocycles. The highest BCUT2D eigenvalue weighted by molar-refractivity contribution is 7.80. The molecule has 0 atom stereocenters. The third kappa shape index (κ3) is 2.75. The highest BCUT2D eigenvalue weighted by Gasteiger charge is 2.13. The lowest BCUT2D eigenvalue weighted by Gasteiger charge is -2.11. The predicted octanol–water partition coefficient (Wildman–Crippen LogP) is 4.25. The molecule has 0 fully saturated rings. The number of thiophene rings is 1. The van der Waals surface area contributed by atoms with Crippen molar-refractivity contribution in [3.63, 3.8) is 0 Å². The summed E-state index contributed by atoms with van der Waals surface area (Å²) in [4.78, 5) is -0.00160. The Balaban J connectivity index is 1.89. The maximum Gasteiger partial charge on any atom is 0.137 e. The van der Waals surface area contributed by atoms with Gasteiger partial charge in [0.25, 0.3) is 0 Å². The van der Waals surface area contributed by atoms with Gasteiger partial charge in [-0.2, -0.15) is 0 Å². The van der Waals surface area contributed by atoms with Crippen LogP contribution in [0, 0.1) is 5.82 Å². The van der Waals surface area contributed by atoms with Gasteiger partial charge in [0.1, 0.15) is 23.2 Å². The smallest absolute Gasteiger partial charge is 0.137 e. The Labute approximate surface area is 131 Å². The van der Waals surface area contributed by atoms with E-state index in [9.17, 15) is 4.39 Å². The molecule has 2 aromatic carbocycles. The fourth-order valence-corrected chi connectivity index (χ4v) is 3.31. The van der Waals surface area contributed by atoms with Crippen molar-refractivity contribution in [3.8, 4) is 5.75 Å². The molecule has 0 unspecified atom stereocenters. The molecule has 2 nitrogen and oxygen atoms in total. The van der Waals surface area contributed by atoms with Crippen LogP contribution in [0.1, 0.15) is 11.1 Å². The summed E-state index contributed by atoms with van der Waals surface area (Å²) < 4.78 is 20.7. The number of fused-ring (bicyclic) bond motifs is 1. The van der Waals surface area contributed by atoms with Gasteiger partial charge in [-0.05, 0) is 29.0 Å². The molecular weight excluding hydrogens is 305 g/mol. The van der Waals surface area contributed by atoms with E-state index in [4.69, 9.17) is 22.7 Å². The van der Waals surface area contributed by atoms with Gasteiger partial charge in [-0.15, -0.1) is 11.3 Å².